The van der Waals surface area contributed by atoms with Crippen molar-refractivity contribution in [1.29, 1.82) is 0 Å². The molecule has 1 saturated heterocycles. The number of hydrogen-bond acceptors (Lipinski definition) is 5. The second kappa shape index (κ2) is 13.6. The number of benzene rings is 2. The number of aliphatic hydroxyl groups is 1. The highest BCUT2D eigenvalue weighted by atomic mass is 16.4. The summed E-state index contributed by atoms with van der Waals surface area (Å²) < 4.78 is 0. The smallest absolute Gasteiger partial charge is 0.322 e. The summed E-state index contributed by atoms with van der Waals surface area (Å²) in [4.78, 5) is 33.1. The van der Waals surface area contributed by atoms with Crippen LogP contribution < -0.4 is 4.90 Å². The third-order valence-electron chi connectivity index (χ3n) is 7.67. The second-order valence-corrected chi connectivity index (χ2v) is 10.4. The number of carbonyl (C=O) groups excluding carboxylic acids is 1. The van der Waals surface area contributed by atoms with Gasteiger partial charge in [-0.25, -0.2) is 9.69 Å². The molecule has 2 aromatic rings. The fourth-order valence-electron chi connectivity index (χ4n) is 5.48. The first-order chi connectivity index (χ1) is 19.0. The van der Waals surface area contributed by atoms with E-state index in [4.69, 9.17) is 0 Å². The summed E-state index contributed by atoms with van der Waals surface area (Å²) in [6.07, 6.45) is 8.95. The highest BCUT2D eigenvalue weighted by Crippen LogP contribution is 2.38. The summed E-state index contributed by atoms with van der Waals surface area (Å²) >= 11 is 0. The molecule has 0 radical (unpaired) electrons. The van der Waals surface area contributed by atoms with Gasteiger partial charge in [0.2, 0.25) is 0 Å². The van der Waals surface area contributed by atoms with Crippen LogP contribution >= 0.6 is 0 Å². The van der Waals surface area contributed by atoms with Crippen LogP contribution in [0.25, 0.3) is 12.2 Å². The summed E-state index contributed by atoms with van der Waals surface area (Å²) in [5.41, 5.74) is 3.46. The SMILES string of the molecule is CCCCCN(CCCCC)C(=O)N1CCN(C(O)N2c3ccccc3C=Cc3ccccc32)[C@H](C(=O)O)C1. The molecule has 2 amide bonds. The van der Waals surface area contributed by atoms with Crippen molar-refractivity contribution in [2.45, 2.75) is 64.8 Å². The van der Waals surface area contributed by atoms with E-state index in [2.05, 4.69) is 13.8 Å². The van der Waals surface area contributed by atoms with E-state index in [-0.39, 0.29) is 19.1 Å². The monoisotopic (exact) mass is 534 g/mol. The first kappa shape index (κ1) is 28.6. The minimum Gasteiger partial charge on any atom is -0.480 e. The minimum absolute atomic E-state index is 0.0265. The first-order valence-corrected chi connectivity index (χ1v) is 14.3. The predicted octanol–water partition coefficient (Wildman–Crippen LogP) is 5.46. The number of amides is 2. The maximum absolute atomic E-state index is 13.6. The first-order valence-electron chi connectivity index (χ1n) is 14.3. The molecular weight excluding hydrogens is 492 g/mol. The summed E-state index contributed by atoms with van der Waals surface area (Å²) in [7, 11) is 0. The number of carbonyl (C=O) groups is 2. The quantitative estimate of drug-likeness (QED) is 0.373. The molecule has 210 valence electrons. The number of piperazine rings is 1. The molecule has 8 heteroatoms. The van der Waals surface area contributed by atoms with Gasteiger partial charge >= 0.3 is 12.0 Å². The van der Waals surface area contributed by atoms with Crippen LogP contribution in [-0.2, 0) is 4.79 Å². The van der Waals surface area contributed by atoms with Gasteiger partial charge in [0, 0.05) is 32.7 Å². The lowest BCUT2D eigenvalue weighted by molar-refractivity contribution is -0.152. The second-order valence-electron chi connectivity index (χ2n) is 10.4. The number of urea groups is 1. The Hall–Kier alpha value is -3.36. The molecule has 1 unspecified atom stereocenters. The maximum Gasteiger partial charge on any atom is 0.322 e. The van der Waals surface area contributed by atoms with Gasteiger partial charge in [0.1, 0.15) is 6.04 Å². The molecule has 0 saturated carbocycles. The standard InChI is InChI=1S/C31H42N4O4/c1-3-5-11-19-32(20-12-6-4-2)30(38)33-21-22-34(28(23-33)29(36)37)31(39)35-26-15-9-7-13-24(26)17-18-25-14-8-10-16-27(25)35/h7-10,13-18,28,31,39H,3-6,11-12,19-23H2,1-2H3,(H,36,37)/t28-,31?/m0/s1. The summed E-state index contributed by atoms with van der Waals surface area (Å²) in [5, 5.41) is 22.1. The fourth-order valence-corrected chi connectivity index (χ4v) is 5.48. The van der Waals surface area contributed by atoms with Gasteiger partial charge in [0.15, 0.2) is 6.35 Å². The molecule has 2 aromatic carbocycles. The molecule has 2 aliphatic rings. The highest BCUT2D eigenvalue weighted by molar-refractivity contribution is 5.89. The van der Waals surface area contributed by atoms with E-state index in [1.165, 1.54) is 0 Å². The number of anilines is 2. The van der Waals surface area contributed by atoms with Crippen LogP contribution in [-0.4, -0.2) is 82.0 Å². The van der Waals surface area contributed by atoms with Crippen LogP contribution in [0.3, 0.4) is 0 Å². The lowest BCUT2D eigenvalue weighted by Gasteiger charge is -2.46. The van der Waals surface area contributed by atoms with Crippen molar-refractivity contribution in [2.75, 3.05) is 37.6 Å². The minimum atomic E-state index is -1.23. The molecule has 2 heterocycles. The third-order valence-corrected chi connectivity index (χ3v) is 7.67. The third kappa shape index (κ3) is 6.62. The van der Waals surface area contributed by atoms with Crippen molar-refractivity contribution in [2.24, 2.45) is 0 Å². The number of aliphatic hydroxyl groups excluding tert-OH is 1. The normalized spacial score (nSPS) is 17.8. The van der Waals surface area contributed by atoms with Gasteiger partial charge in [-0.3, -0.25) is 4.79 Å². The molecule has 1 fully saturated rings. The number of fused-ring (bicyclic) bond motifs is 2. The number of aliphatic carboxylic acids is 1. The van der Waals surface area contributed by atoms with E-state index in [1.54, 1.807) is 14.7 Å². The topological polar surface area (TPSA) is 87.6 Å². The van der Waals surface area contributed by atoms with Crippen molar-refractivity contribution in [3.8, 4) is 0 Å². The van der Waals surface area contributed by atoms with Crippen molar-refractivity contribution < 1.29 is 19.8 Å². The molecule has 2 N–H and O–H groups in total. The molecule has 0 bridgehead atoms. The average Bonchev–Trinajstić information content (AvgIpc) is 3.12. The van der Waals surface area contributed by atoms with Gasteiger partial charge in [-0.2, -0.15) is 0 Å². The zero-order valence-corrected chi connectivity index (χ0v) is 23.2. The lowest BCUT2D eigenvalue weighted by atomic mass is 10.1. The Morgan fingerprint density at radius 2 is 1.41 bits per heavy atom. The Labute approximate surface area is 232 Å². The molecule has 2 atom stereocenters. The Balaban J connectivity index is 1.57. The van der Waals surface area contributed by atoms with E-state index in [0.717, 1.165) is 61.0 Å². The number of nitrogens with zero attached hydrogens (tertiary/aromatic N) is 4. The number of rotatable bonds is 11. The Bertz CT molecular complexity index is 1090. The zero-order valence-electron chi connectivity index (χ0n) is 23.2. The zero-order chi connectivity index (χ0) is 27.8. The molecule has 0 spiro atoms. The van der Waals surface area contributed by atoms with E-state index in [1.807, 2.05) is 65.6 Å². The number of unbranched alkanes of at least 4 members (excludes halogenated alkanes) is 4. The van der Waals surface area contributed by atoms with Crippen molar-refractivity contribution in [3.05, 3.63) is 59.7 Å². The summed E-state index contributed by atoms with van der Waals surface area (Å²) in [6.45, 7) is 6.28. The van der Waals surface area contributed by atoms with Gasteiger partial charge in [-0.05, 0) is 36.1 Å². The van der Waals surface area contributed by atoms with E-state index in [9.17, 15) is 19.8 Å². The Morgan fingerprint density at radius 1 is 0.872 bits per heavy atom. The van der Waals surface area contributed by atoms with Crippen molar-refractivity contribution >= 4 is 35.5 Å². The van der Waals surface area contributed by atoms with Gasteiger partial charge in [-0.15, -0.1) is 0 Å². The lowest BCUT2D eigenvalue weighted by Crippen LogP contribution is -2.64. The van der Waals surface area contributed by atoms with E-state index >= 15 is 0 Å². The number of carboxylic acids is 1. The van der Waals surface area contributed by atoms with Gasteiger partial charge in [-0.1, -0.05) is 88.1 Å². The highest BCUT2D eigenvalue weighted by Gasteiger charge is 2.41. The number of hydrogen-bond donors (Lipinski definition) is 2. The van der Waals surface area contributed by atoms with Crippen LogP contribution in [0.5, 0.6) is 0 Å². The average molecular weight is 535 g/mol. The summed E-state index contributed by atoms with van der Waals surface area (Å²) in [6, 6.07) is 14.4. The van der Waals surface area contributed by atoms with Crippen molar-refractivity contribution in [3.63, 3.8) is 0 Å². The largest absolute Gasteiger partial charge is 0.480 e. The molecule has 8 nitrogen and oxygen atoms in total. The van der Waals surface area contributed by atoms with Gasteiger partial charge in [0.05, 0.1) is 11.4 Å². The Morgan fingerprint density at radius 3 is 1.92 bits per heavy atom. The van der Waals surface area contributed by atoms with Crippen LogP contribution in [0, 0.1) is 0 Å². The molecule has 2 aliphatic heterocycles. The predicted molar refractivity (Wildman–Crippen MR) is 156 cm³/mol. The molecular formula is C31H42N4O4. The van der Waals surface area contributed by atoms with Gasteiger partial charge in [0.25, 0.3) is 0 Å². The number of para-hydroxylation sites is 2. The van der Waals surface area contributed by atoms with Crippen LogP contribution in [0.2, 0.25) is 0 Å². The Kier molecular flexibility index (Phi) is 10.0. The molecule has 4 rings (SSSR count). The maximum atomic E-state index is 13.6. The fraction of sp³-hybridized carbons (Fsp3) is 0.484. The van der Waals surface area contributed by atoms with Crippen LogP contribution in [0.1, 0.15) is 63.5 Å². The van der Waals surface area contributed by atoms with Crippen LogP contribution in [0.15, 0.2) is 48.5 Å². The molecule has 0 aromatic heterocycles. The molecule has 39 heavy (non-hydrogen) atoms. The van der Waals surface area contributed by atoms with Crippen molar-refractivity contribution in [1.82, 2.24) is 14.7 Å². The number of carboxylic acid groups (broad SMARTS) is 1. The molecule has 0 aliphatic carbocycles. The summed E-state index contributed by atoms with van der Waals surface area (Å²) in [5.74, 6) is -1.05. The van der Waals surface area contributed by atoms with E-state index < -0.39 is 18.4 Å². The van der Waals surface area contributed by atoms with Gasteiger partial charge < -0.3 is 24.9 Å². The van der Waals surface area contributed by atoms with Crippen LogP contribution in [0.4, 0.5) is 16.2 Å². The van der Waals surface area contributed by atoms with E-state index in [0.29, 0.717) is 19.6 Å².